The van der Waals surface area contributed by atoms with E-state index >= 15 is 0 Å². The van der Waals surface area contributed by atoms with E-state index in [-0.39, 0.29) is 0 Å². The van der Waals surface area contributed by atoms with Gasteiger partial charge in [-0.2, -0.15) is 0 Å². The maximum absolute atomic E-state index is 10.5. The standard InChI is InChI=1S/C22H16O2/c23-20-10-9-14-6-8-16-11-15-7-5-13-3-1-2-4-17(13)18(15)12-19(16)21(14)22(20)24/h1-12,20,22-24H/t20-,22+/m1/s1. The van der Waals surface area contributed by atoms with Crippen molar-refractivity contribution in [2.75, 3.05) is 0 Å². The lowest BCUT2D eigenvalue weighted by atomic mass is 9.87. The van der Waals surface area contributed by atoms with Gasteiger partial charge in [-0.1, -0.05) is 60.7 Å². The van der Waals surface area contributed by atoms with Crippen molar-refractivity contribution in [3.8, 4) is 0 Å². The molecule has 5 rings (SSSR count). The number of fused-ring (bicyclic) bond motifs is 6. The largest absolute Gasteiger partial charge is 0.386 e. The van der Waals surface area contributed by atoms with Crippen LogP contribution < -0.4 is 0 Å². The quantitative estimate of drug-likeness (QED) is 0.369. The summed E-state index contributed by atoms with van der Waals surface area (Å²) in [5, 5.41) is 27.4. The summed E-state index contributed by atoms with van der Waals surface area (Å²) in [4.78, 5) is 0. The third-order valence-corrected chi connectivity index (χ3v) is 5.05. The van der Waals surface area contributed by atoms with Crippen LogP contribution in [0.1, 0.15) is 17.2 Å². The molecule has 2 nitrogen and oxygen atoms in total. The Morgan fingerprint density at radius 1 is 0.667 bits per heavy atom. The summed E-state index contributed by atoms with van der Waals surface area (Å²) in [5.41, 5.74) is 1.79. The zero-order chi connectivity index (χ0) is 16.3. The molecule has 1 aliphatic rings. The summed E-state index contributed by atoms with van der Waals surface area (Å²) < 4.78 is 0. The molecule has 0 fully saturated rings. The molecule has 2 heteroatoms. The summed E-state index contributed by atoms with van der Waals surface area (Å²) in [6, 6.07) is 21.0. The van der Waals surface area contributed by atoms with Crippen LogP contribution >= 0.6 is 0 Å². The molecule has 0 amide bonds. The Morgan fingerprint density at radius 3 is 2.33 bits per heavy atom. The van der Waals surface area contributed by atoms with Gasteiger partial charge in [0.25, 0.3) is 0 Å². The zero-order valence-corrected chi connectivity index (χ0v) is 13.0. The van der Waals surface area contributed by atoms with Crippen LogP contribution in [0.2, 0.25) is 0 Å². The molecule has 0 spiro atoms. The number of aliphatic hydroxyl groups is 2. The summed E-state index contributed by atoms with van der Waals surface area (Å²) in [6.45, 7) is 0. The van der Waals surface area contributed by atoms with E-state index in [9.17, 15) is 10.2 Å². The van der Waals surface area contributed by atoms with Crippen molar-refractivity contribution in [1.82, 2.24) is 0 Å². The van der Waals surface area contributed by atoms with Gasteiger partial charge < -0.3 is 10.2 Å². The fourth-order valence-corrected chi connectivity index (χ4v) is 3.82. The highest BCUT2D eigenvalue weighted by atomic mass is 16.3. The van der Waals surface area contributed by atoms with E-state index in [4.69, 9.17) is 0 Å². The van der Waals surface area contributed by atoms with Gasteiger partial charge in [0, 0.05) is 0 Å². The van der Waals surface area contributed by atoms with Gasteiger partial charge in [0.15, 0.2) is 0 Å². The molecular weight excluding hydrogens is 296 g/mol. The molecule has 0 saturated carbocycles. The van der Waals surface area contributed by atoms with E-state index in [1.165, 1.54) is 21.5 Å². The molecule has 0 aliphatic heterocycles. The van der Waals surface area contributed by atoms with Crippen LogP contribution in [0, 0.1) is 0 Å². The molecular formula is C22H16O2. The molecule has 0 unspecified atom stereocenters. The van der Waals surface area contributed by atoms with Crippen LogP contribution in [0.4, 0.5) is 0 Å². The van der Waals surface area contributed by atoms with E-state index in [1.807, 2.05) is 24.3 Å². The number of hydrogen-bond donors (Lipinski definition) is 2. The van der Waals surface area contributed by atoms with E-state index in [0.29, 0.717) is 0 Å². The van der Waals surface area contributed by atoms with Crippen LogP contribution in [0.25, 0.3) is 38.4 Å². The van der Waals surface area contributed by atoms with Crippen LogP contribution in [-0.4, -0.2) is 16.3 Å². The number of aliphatic hydroxyl groups excluding tert-OH is 2. The van der Waals surface area contributed by atoms with Crippen molar-refractivity contribution < 1.29 is 10.2 Å². The molecule has 4 aromatic carbocycles. The number of hydrogen-bond acceptors (Lipinski definition) is 2. The van der Waals surface area contributed by atoms with E-state index < -0.39 is 12.2 Å². The van der Waals surface area contributed by atoms with E-state index in [2.05, 4.69) is 42.5 Å². The van der Waals surface area contributed by atoms with Gasteiger partial charge in [-0.05, 0) is 55.6 Å². The first-order valence-electron chi connectivity index (χ1n) is 8.15. The predicted octanol–water partition coefficient (Wildman–Crippen LogP) is 4.57. The molecule has 24 heavy (non-hydrogen) atoms. The Labute approximate surface area is 139 Å². The molecule has 0 aromatic heterocycles. The monoisotopic (exact) mass is 312 g/mol. The highest BCUT2D eigenvalue weighted by Crippen LogP contribution is 2.37. The average molecular weight is 312 g/mol. The Kier molecular flexibility index (Phi) is 2.81. The second kappa shape index (κ2) is 4.91. The second-order valence-corrected chi connectivity index (χ2v) is 6.44. The second-order valence-electron chi connectivity index (χ2n) is 6.44. The van der Waals surface area contributed by atoms with Gasteiger partial charge in [-0.3, -0.25) is 0 Å². The van der Waals surface area contributed by atoms with Gasteiger partial charge in [0.1, 0.15) is 12.2 Å². The maximum Gasteiger partial charge on any atom is 0.110 e. The molecule has 116 valence electrons. The molecule has 2 N–H and O–H groups in total. The van der Waals surface area contributed by atoms with Gasteiger partial charge in [-0.25, -0.2) is 0 Å². The molecule has 2 atom stereocenters. The topological polar surface area (TPSA) is 40.5 Å². The highest BCUT2D eigenvalue weighted by Gasteiger charge is 2.24. The van der Waals surface area contributed by atoms with E-state index in [0.717, 1.165) is 21.9 Å². The Morgan fingerprint density at radius 2 is 1.42 bits per heavy atom. The number of benzene rings is 4. The molecule has 4 aromatic rings. The minimum atomic E-state index is -0.888. The van der Waals surface area contributed by atoms with Gasteiger partial charge in [-0.15, -0.1) is 0 Å². The van der Waals surface area contributed by atoms with Crippen molar-refractivity contribution in [2.45, 2.75) is 12.2 Å². The summed E-state index contributed by atoms with van der Waals surface area (Å²) >= 11 is 0. The van der Waals surface area contributed by atoms with Crippen LogP contribution in [0.5, 0.6) is 0 Å². The van der Waals surface area contributed by atoms with Gasteiger partial charge in [0.2, 0.25) is 0 Å². The van der Waals surface area contributed by atoms with Crippen molar-refractivity contribution >= 4 is 38.4 Å². The Hall–Kier alpha value is -2.68. The fourth-order valence-electron chi connectivity index (χ4n) is 3.82. The average Bonchev–Trinajstić information content (AvgIpc) is 2.62. The third-order valence-electron chi connectivity index (χ3n) is 5.05. The van der Waals surface area contributed by atoms with Crippen molar-refractivity contribution in [3.63, 3.8) is 0 Å². The summed E-state index contributed by atoms with van der Waals surface area (Å²) in [5.74, 6) is 0. The lowest BCUT2D eigenvalue weighted by Crippen LogP contribution is -2.19. The van der Waals surface area contributed by atoms with Gasteiger partial charge in [0.05, 0.1) is 0 Å². The van der Waals surface area contributed by atoms with Crippen LogP contribution in [0.15, 0.2) is 66.7 Å². The highest BCUT2D eigenvalue weighted by molar-refractivity contribution is 6.12. The Bertz CT molecular complexity index is 1140. The van der Waals surface area contributed by atoms with Gasteiger partial charge >= 0.3 is 0 Å². The van der Waals surface area contributed by atoms with E-state index in [1.54, 1.807) is 6.08 Å². The molecule has 0 radical (unpaired) electrons. The van der Waals surface area contributed by atoms with Crippen LogP contribution in [0.3, 0.4) is 0 Å². The zero-order valence-electron chi connectivity index (χ0n) is 13.0. The smallest absolute Gasteiger partial charge is 0.110 e. The molecule has 0 bridgehead atoms. The summed E-state index contributed by atoms with van der Waals surface area (Å²) in [6.07, 6.45) is 1.79. The Balaban J connectivity index is 1.95. The maximum atomic E-state index is 10.5. The molecule has 0 heterocycles. The van der Waals surface area contributed by atoms with Crippen LogP contribution in [-0.2, 0) is 0 Å². The summed E-state index contributed by atoms with van der Waals surface area (Å²) in [7, 11) is 0. The van der Waals surface area contributed by atoms with Crippen molar-refractivity contribution in [1.29, 1.82) is 0 Å². The third kappa shape index (κ3) is 1.84. The first-order chi connectivity index (χ1) is 11.7. The molecule has 0 saturated heterocycles. The minimum Gasteiger partial charge on any atom is -0.386 e. The predicted molar refractivity (Wildman–Crippen MR) is 99.0 cm³/mol. The lowest BCUT2D eigenvalue weighted by Gasteiger charge is -2.24. The number of rotatable bonds is 0. The molecule has 1 aliphatic carbocycles. The first kappa shape index (κ1) is 13.7. The fraction of sp³-hybridized carbons (Fsp3) is 0.0909. The SMILES string of the molecule is O[C@@H]1C=Cc2ccc3cc4ccc5ccccc5c4cc3c2[C@H]1O. The normalized spacial score (nSPS) is 19.9. The lowest BCUT2D eigenvalue weighted by molar-refractivity contribution is 0.0480. The van der Waals surface area contributed by atoms with Crippen molar-refractivity contribution in [3.05, 3.63) is 77.9 Å². The van der Waals surface area contributed by atoms with Crippen molar-refractivity contribution in [2.24, 2.45) is 0 Å². The minimum absolute atomic E-state index is 0.817. The first-order valence-corrected chi connectivity index (χ1v) is 8.15.